The van der Waals surface area contributed by atoms with Crippen molar-refractivity contribution < 1.29 is 4.79 Å². The number of nitrogens with one attached hydrogen (secondary N) is 1. The molecule has 104 valence electrons. The molecule has 0 bridgehead atoms. The van der Waals surface area contributed by atoms with E-state index in [1.165, 1.54) is 5.56 Å². The normalized spacial score (nSPS) is 15.7. The Balaban J connectivity index is 2.19. The van der Waals surface area contributed by atoms with Crippen LogP contribution in [-0.4, -0.2) is 26.0 Å². The van der Waals surface area contributed by atoms with Crippen molar-refractivity contribution in [3.8, 4) is 0 Å². The number of amides is 1. The van der Waals surface area contributed by atoms with Crippen LogP contribution >= 0.6 is 0 Å². The number of carbonyl (C=O) groups is 1. The lowest BCUT2D eigenvalue weighted by atomic mass is 10.1. The standard InChI is InChI=1S/C15H23N3O/c1-3-11(8-16)10-18-14-5-4-12(9-17-2)6-13(14)7-15(18)19/h4-6,11,17H,3,7-10,16H2,1-2H3. The van der Waals surface area contributed by atoms with E-state index < -0.39 is 0 Å². The highest BCUT2D eigenvalue weighted by molar-refractivity contribution is 6.01. The SMILES string of the molecule is CCC(CN)CN1C(=O)Cc2cc(CNC)ccc21. The second-order valence-corrected chi connectivity index (χ2v) is 5.18. The number of nitrogens with zero attached hydrogens (tertiary/aromatic N) is 1. The van der Waals surface area contributed by atoms with Gasteiger partial charge in [-0.15, -0.1) is 0 Å². The first-order valence-electron chi connectivity index (χ1n) is 6.96. The molecule has 2 rings (SSSR count). The van der Waals surface area contributed by atoms with Crippen molar-refractivity contribution >= 4 is 11.6 Å². The molecule has 1 unspecified atom stereocenters. The Morgan fingerprint density at radius 2 is 2.26 bits per heavy atom. The van der Waals surface area contributed by atoms with Crippen molar-refractivity contribution in [1.29, 1.82) is 0 Å². The summed E-state index contributed by atoms with van der Waals surface area (Å²) < 4.78 is 0. The molecule has 4 nitrogen and oxygen atoms in total. The fourth-order valence-corrected chi connectivity index (χ4v) is 2.58. The average molecular weight is 261 g/mol. The van der Waals surface area contributed by atoms with E-state index in [1.807, 2.05) is 11.9 Å². The van der Waals surface area contributed by atoms with E-state index in [1.54, 1.807) is 0 Å². The van der Waals surface area contributed by atoms with E-state index in [-0.39, 0.29) is 5.91 Å². The van der Waals surface area contributed by atoms with E-state index >= 15 is 0 Å². The smallest absolute Gasteiger partial charge is 0.231 e. The van der Waals surface area contributed by atoms with Crippen LogP contribution < -0.4 is 16.0 Å². The van der Waals surface area contributed by atoms with Crippen molar-refractivity contribution in [2.24, 2.45) is 11.7 Å². The number of nitrogens with two attached hydrogens (primary N) is 1. The lowest BCUT2D eigenvalue weighted by Crippen LogP contribution is -2.34. The highest BCUT2D eigenvalue weighted by Gasteiger charge is 2.28. The van der Waals surface area contributed by atoms with Gasteiger partial charge in [-0.05, 0) is 36.7 Å². The van der Waals surface area contributed by atoms with E-state index in [4.69, 9.17) is 5.73 Å². The highest BCUT2D eigenvalue weighted by atomic mass is 16.2. The molecule has 1 aliphatic rings. The van der Waals surface area contributed by atoms with Crippen LogP contribution in [0.5, 0.6) is 0 Å². The molecule has 0 saturated carbocycles. The minimum Gasteiger partial charge on any atom is -0.330 e. The third-order valence-corrected chi connectivity index (χ3v) is 3.81. The van der Waals surface area contributed by atoms with Crippen molar-refractivity contribution in [3.63, 3.8) is 0 Å². The number of hydrogen-bond acceptors (Lipinski definition) is 3. The highest BCUT2D eigenvalue weighted by Crippen LogP contribution is 2.30. The molecule has 0 saturated heterocycles. The number of hydrogen-bond donors (Lipinski definition) is 2. The summed E-state index contributed by atoms with van der Waals surface area (Å²) in [5, 5.41) is 3.13. The molecule has 0 aliphatic carbocycles. The predicted octanol–water partition coefficient (Wildman–Crippen LogP) is 1.28. The van der Waals surface area contributed by atoms with Crippen molar-refractivity contribution in [2.75, 3.05) is 25.0 Å². The molecule has 0 aromatic heterocycles. The zero-order chi connectivity index (χ0) is 13.8. The molecule has 1 aromatic carbocycles. The van der Waals surface area contributed by atoms with Crippen molar-refractivity contribution in [1.82, 2.24) is 5.32 Å². The lowest BCUT2D eigenvalue weighted by Gasteiger charge is -2.22. The van der Waals surface area contributed by atoms with Gasteiger partial charge in [0.15, 0.2) is 0 Å². The van der Waals surface area contributed by atoms with Crippen LogP contribution in [0.15, 0.2) is 18.2 Å². The molecule has 3 N–H and O–H groups in total. The zero-order valence-corrected chi connectivity index (χ0v) is 11.8. The van der Waals surface area contributed by atoms with Gasteiger partial charge in [-0.2, -0.15) is 0 Å². The molecule has 1 heterocycles. The van der Waals surface area contributed by atoms with Gasteiger partial charge in [-0.1, -0.05) is 25.5 Å². The fraction of sp³-hybridized carbons (Fsp3) is 0.533. The summed E-state index contributed by atoms with van der Waals surface area (Å²) in [7, 11) is 1.93. The van der Waals surface area contributed by atoms with E-state index in [9.17, 15) is 4.79 Å². The summed E-state index contributed by atoms with van der Waals surface area (Å²) >= 11 is 0. The molecule has 19 heavy (non-hydrogen) atoms. The molecule has 4 heteroatoms. The van der Waals surface area contributed by atoms with Gasteiger partial charge < -0.3 is 16.0 Å². The summed E-state index contributed by atoms with van der Waals surface area (Å²) in [6.45, 7) is 4.33. The van der Waals surface area contributed by atoms with Gasteiger partial charge in [0.05, 0.1) is 6.42 Å². The quantitative estimate of drug-likeness (QED) is 0.811. The zero-order valence-electron chi connectivity index (χ0n) is 11.8. The largest absolute Gasteiger partial charge is 0.330 e. The number of fused-ring (bicyclic) bond motifs is 1. The number of carbonyl (C=O) groups excluding carboxylic acids is 1. The predicted molar refractivity (Wildman–Crippen MR) is 78.1 cm³/mol. The van der Waals surface area contributed by atoms with Gasteiger partial charge in [0.1, 0.15) is 0 Å². The second kappa shape index (κ2) is 6.17. The maximum absolute atomic E-state index is 12.1. The first kappa shape index (κ1) is 14.0. The Hall–Kier alpha value is -1.39. The molecule has 0 radical (unpaired) electrons. The van der Waals surface area contributed by atoms with Crippen LogP contribution in [0.4, 0.5) is 5.69 Å². The van der Waals surface area contributed by atoms with Gasteiger partial charge in [0.25, 0.3) is 0 Å². The molecule has 1 aromatic rings. The van der Waals surface area contributed by atoms with E-state index in [0.29, 0.717) is 18.9 Å². The fourth-order valence-electron chi connectivity index (χ4n) is 2.58. The topological polar surface area (TPSA) is 58.4 Å². The third kappa shape index (κ3) is 2.96. The van der Waals surface area contributed by atoms with Crippen LogP contribution in [0, 0.1) is 5.92 Å². The van der Waals surface area contributed by atoms with Crippen molar-refractivity contribution in [3.05, 3.63) is 29.3 Å². The number of anilines is 1. The monoisotopic (exact) mass is 261 g/mol. The average Bonchev–Trinajstić information content (AvgIpc) is 2.71. The summed E-state index contributed by atoms with van der Waals surface area (Å²) in [6.07, 6.45) is 1.53. The molecular formula is C15H23N3O. The van der Waals surface area contributed by atoms with Gasteiger partial charge in [0.2, 0.25) is 5.91 Å². The van der Waals surface area contributed by atoms with E-state index in [0.717, 1.165) is 30.8 Å². The Bertz CT molecular complexity index is 455. The molecule has 1 amide bonds. The van der Waals surface area contributed by atoms with Crippen LogP contribution in [0.25, 0.3) is 0 Å². The van der Waals surface area contributed by atoms with Crippen molar-refractivity contribution in [2.45, 2.75) is 26.3 Å². The number of benzene rings is 1. The maximum Gasteiger partial charge on any atom is 0.231 e. The van der Waals surface area contributed by atoms with Gasteiger partial charge in [-0.25, -0.2) is 0 Å². The van der Waals surface area contributed by atoms with E-state index in [2.05, 4.69) is 30.4 Å². The minimum atomic E-state index is 0.198. The van der Waals surface area contributed by atoms with Crippen LogP contribution in [0.3, 0.4) is 0 Å². The van der Waals surface area contributed by atoms with Gasteiger partial charge in [-0.3, -0.25) is 4.79 Å². The first-order chi connectivity index (χ1) is 9.19. The summed E-state index contributed by atoms with van der Waals surface area (Å²) in [5.74, 6) is 0.579. The Labute approximate surface area is 115 Å². The molecule has 0 spiro atoms. The Kier molecular flexibility index (Phi) is 4.56. The van der Waals surface area contributed by atoms with Gasteiger partial charge in [0, 0.05) is 18.8 Å². The summed E-state index contributed by atoms with van der Waals surface area (Å²) in [6, 6.07) is 6.29. The summed E-state index contributed by atoms with van der Waals surface area (Å²) in [4.78, 5) is 14.0. The van der Waals surface area contributed by atoms with Gasteiger partial charge >= 0.3 is 0 Å². The third-order valence-electron chi connectivity index (χ3n) is 3.81. The Morgan fingerprint density at radius 1 is 1.47 bits per heavy atom. The first-order valence-corrected chi connectivity index (χ1v) is 6.96. The molecule has 1 atom stereocenters. The lowest BCUT2D eigenvalue weighted by molar-refractivity contribution is -0.117. The van der Waals surface area contributed by atoms with Crippen LogP contribution in [0.1, 0.15) is 24.5 Å². The molecule has 0 fully saturated rings. The Morgan fingerprint density at radius 3 is 2.89 bits per heavy atom. The van der Waals surface area contributed by atoms with Crippen LogP contribution in [0.2, 0.25) is 0 Å². The number of rotatable bonds is 6. The minimum absolute atomic E-state index is 0.198. The van der Waals surface area contributed by atoms with Crippen LogP contribution in [-0.2, 0) is 17.8 Å². The molecule has 1 aliphatic heterocycles. The molecular weight excluding hydrogens is 238 g/mol. The maximum atomic E-state index is 12.1. The summed E-state index contributed by atoms with van der Waals surface area (Å²) in [5.41, 5.74) is 9.18. The second-order valence-electron chi connectivity index (χ2n) is 5.18.